The minimum Gasteiger partial charge on any atom is -0.483 e. The average Bonchev–Trinajstić information content (AvgIpc) is 3.52. The van der Waals surface area contributed by atoms with Gasteiger partial charge >= 0.3 is 5.97 Å². The second kappa shape index (κ2) is 13.2. The summed E-state index contributed by atoms with van der Waals surface area (Å²) in [4.78, 5) is 25.8. The number of ether oxygens (including phenoxy) is 2. The highest BCUT2D eigenvalue weighted by Gasteiger charge is 2.24. The summed E-state index contributed by atoms with van der Waals surface area (Å²) in [6.45, 7) is 10.1. The van der Waals surface area contributed by atoms with Gasteiger partial charge in [-0.05, 0) is 50.1 Å². The van der Waals surface area contributed by atoms with Crippen LogP contribution in [0.1, 0.15) is 40.3 Å². The summed E-state index contributed by atoms with van der Waals surface area (Å²) in [6.07, 6.45) is 1.30. The predicted octanol–water partition coefficient (Wildman–Crippen LogP) is 7.12. The number of methoxy groups -OCH3 is 1. The average molecular weight is 597 g/mol. The molecule has 208 valence electrons. The Balaban J connectivity index is 1.50. The minimum atomic E-state index is -0.510. The molecule has 1 unspecified atom stereocenters. The Morgan fingerprint density at radius 3 is 2.73 bits per heavy atom. The summed E-state index contributed by atoms with van der Waals surface area (Å²) < 4.78 is 12.9. The topological polar surface area (TPSA) is 95.3 Å². The van der Waals surface area contributed by atoms with Crippen LogP contribution < -0.4 is 10.1 Å². The second-order valence-corrected chi connectivity index (χ2v) is 11.2. The largest absolute Gasteiger partial charge is 0.483 e. The lowest BCUT2D eigenvalue weighted by molar-refractivity contribution is -0.113. The Labute approximate surface area is 246 Å². The summed E-state index contributed by atoms with van der Waals surface area (Å²) in [6, 6.07) is 13.2. The molecule has 1 amide bonds. The van der Waals surface area contributed by atoms with E-state index in [0.29, 0.717) is 38.9 Å². The second-order valence-electron chi connectivity index (χ2n) is 8.96. The van der Waals surface area contributed by atoms with E-state index in [-0.39, 0.29) is 11.7 Å². The molecule has 0 saturated carbocycles. The standard InChI is InChI=1S/C29H29ClN4O4S2/c1-6-12-34-26(19(4)38-21-9-7-8-20(30)14-21)32-33-29(34)40-16-24(35)31-27-25(28(36)37-5)23(15-39-27)22-13-17(2)10-11-18(22)3/h6-11,13-15,19H,1,12,16H2,2-5H3,(H,31,35). The molecule has 0 fully saturated rings. The number of thiophene rings is 1. The number of nitrogens with one attached hydrogen (secondary N) is 1. The third-order valence-electron chi connectivity index (χ3n) is 5.98. The molecular weight excluding hydrogens is 568 g/mol. The quantitative estimate of drug-likeness (QED) is 0.112. The van der Waals surface area contributed by atoms with Crippen molar-refractivity contribution in [3.8, 4) is 16.9 Å². The maximum Gasteiger partial charge on any atom is 0.341 e. The number of anilines is 1. The fourth-order valence-corrected chi connectivity index (χ4v) is 5.98. The van der Waals surface area contributed by atoms with Gasteiger partial charge in [-0.1, -0.05) is 59.3 Å². The number of hydrogen-bond acceptors (Lipinski definition) is 8. The van der Waals surface area contributed by atoms with Gasteiger partial charge in [-0.2, -0.15) is 0 Å². The van der Waals surface area contributed by atoms with Crippen molar-refractivity contribution >= 4 is 51.6 Å². The Hall–Kier alpha value is -3.60. The number of allylic oxidation sites excluding steroid dienone is 1. The molecule has 8 nitrogen and oxygen atoms in total. The van der Waals surface area contributed by atoms with Crippen LogP contribution in [-0.2, 0) is 16.1 Å². The Kier molecular flexibility index (Phi) is 9.67. The van der Waals surface area contributed by atoms with Crippen LogP contribution in [0.2, 0.25) is 5.02 Å². The van der Waals surface area contributed by atoms with Gasteiger partial charge in [0.15, 0.2) is 17.1 Å². The van der Waals surface area contributed by atoms with Gasteiger partial charge in [0.2, 0.25) is 5.91 Å². The van der Waals surface area contributed by atoms with Crippen molar-refractivity contribution in [1.29, 1.82) is 0 Å². The van der Waals surface area contributed by atoms with Gasteiger partial charge in [0, 0.05) is 22.5 Å². The van der Waals surface area contributed by atoms with E-state index < -0.39 is 12.1 Å². The maximum atomic E-state index is 13.0. The maximum absolute atomic E-state index is 13.0. The van der Waals surface area contributed by atoms with Crippen molar-refractivity contribution < 1.29 is 19.1 Å². The van der Waals surface area contributed by atoms with Crippen molar-refractivity contribution in [3.63, 3.8) is 0 Å². The van der Waals surface area contributed by atoms with E-state index in [2.05, 4.69) is 22.1 Å². The number of thioether (sulfide) groups is 1. The molecule has 0 aliphatic rings. The van der Waals surface area contributed by atoms with Gasteiger partial charge in [0.1, 0.15) is 16.3 Å². The monoisotopic (exact) mass is 596 g/mol. The molecular formula is C29H29ClN4O4S2. The van der Waals surface area contributed by atoms with Gasteiger partial charge in [-0.3, -0.25) is 9.36 Å². The first-order valence-electron chi connectivity index (χ1n) is 12.4. The van der Waals surface area contributed by atoms with E-state index in [1.807, 2.05) is 61.1 Å². The molecule has 1 atom stereocenters. The summed E-state index contributed by atoms with van der Waals surface area (Å²) >= 11 is 8.59. The molecule has 2 aromatic carbocycles. The lowest BCUT2D eigenvalue weighted by atomic mass is 9.97. The van der Waals surface area contributed by atoms with E-state index in [1.165, 1.54) is 30.2 Å². The van der Waals surface area contributed by atoms with E-state index in [1.54, 1.807) is 18.2 Å². The van der Waals surface area contributed by atoms with E-state index >= 15 is 0 Å². The summed E-state index contributed by atoms with van der Waals surface area (Å²) in [5.41, 5.74) is 4.08. The number of aromatic nitrogens is 3. The van der Waals surface area contributed by atoms with Gasteiger partial charge in [0.05, 0.1) is 12.9 Å². The number of amides is 1. The minimum absolute atomic E-state index is 0.0517. The molecule has 1 N–H and O–H groups in total. The van der Waals surface area contributed by atoms with Gasteiger partial charge in [0.25, 0.3) is 0 Å². The molecule has 4 rings (SSSR count). The number of benzene rings is 2. The zero-order valence-corrected chi connectivity index (χ0v) is 25.0. The zero-order chi connectivity index (χ0) is 28.8. The lowest BCUT2D eigenvalue weighted by Crippen LogP contribution is -2.17. The van der Waals surface area contributed by atoms with Crippen molar-refractivity contribution in [1.82, 2.24) is 14.8 Å². The van der Waals surface area contributed by atoms with Crippen LogP contribution in [0.25, 0.3) is 11.1 Å². The number of hydrogen-bond donors (Lipinski definition) is 1. The van der Waals surface area contributed by atoms with Crippen LogP contribution in [0.5, 0.6) is 5.75 Å². The third-order valence-corrected chi connectivity index (χ3v) is 8.08. The van der Waals surface area contributed by atoms with Crippen LogP contribution in [0.15, 0.2) is 65.7 Å². The molecule has 0 bridgehead atoms. The van der Waals surface area contributed by atoms with Gasteiger partial charge < -0.3 is 14.8 Å². The number of carbonyl (C=O) groups excluding carboxylic acids is 2. The van der Waals surface area contributed by atoms with Gasteiger partial charge in [-0.15, -0.1) is 28.1 Å². The Bertz CT molecular complexity index is 1550. The molecule has 2 heterocycles. The van der Waals surface area contributed by atoms with Gasteiger partial charge in [-0.25, -0.2) is 4.79 Å². The van der Waals surface area contributed by atoms with Crippen molar-refractivity contribution in [2.45, 2.75) is 38.6 Å². The molecule has 4 aromatic rings. The molecule has 0 radical (unpaired) electrons. The van der Waals surface area contributed by atoms with Crippen LogP contribution in [0, 0.1) is 13.8 Å². The summed E-state index contributed by atoms with van der Waals surface area (Å²) in [5.74, 6) is 0.453. The highest BCUT2D eigenvalue weighted by molar-refractivity contribution is 7.99. The summed E-state index contributed by atoms with van der Waals surface area (Å²) in [7, 11) is 1.33. The van der Waals surface area contributed by atoms with E-state index in [0.717, 1.165) is 22.3 Å². The first kappa shape index (κ1) is 29.4. The fraction of sp³-hybridized carbons (Fsp3) is 0.241. The first-order chi connectivity index (χ1) is 19.2. The smallest absolute Gasteiger partial charge is 0.341 e. The van der Waals surface area contributed by atoms with Crippen molar-refractivity contribution in [3.05, 3.63) is 88.0 Å². The number of aryl methyl sites for hydroxylation is 2. The first-order valence-corrected chi connectivity index (χ1v) is 14.6. The Morgan fingerprint density at radius 1 is 1.20 bits per heavy atom. The van der Waals surface area contributed by atoms with Crippen LogP contribution in [-0.4, -0.2) is 39.5 Å². The van der Waals surface area contributed by atoms with Crippen molar-refractivity contribution in [2.24, 2.45) is 0 Å². The SMILES string of the molecule is C=CCn1c(SCC(=O)Nc2scc(-c3cc(C)ccc3C)c2C(=O)OC)nnc1C(C)Oc1cccc(Cl)c1. The highest BCUT2D eigenvalue weighted by atomic mass is 35.5. The van der Waals surface area contributed by atoms with E-state index in [9.17, 15) is 9.59 Å². The number of esters is 1. The zero-order valence-electron chi connectivity index (χ0n) is 22.6. The highest BCUT2D eigenvalue weighted by Crippen LogP contribution is 2.38. The Morgan fingerprint density at radius 2 is 2.00 bits per heavy atom. The number of halogens is 1. The number of nitrogens with zero attached hydrogens (tertiary/aromatic N) is 3. The molecule has 0 aliphatic carbocycles. The molecule has 0 saturated heterocycles. The third kappa shape index (κ3) is 6.75. The van der Waals surface area contributed by atoms with E-state index in [4.69, 9.17) is 21.1 Å². The molecule has 40 heavy (non-hydrogen) atoms. The number of carbonyl (C=O) groups is 2. The molecule has 11 heteroatoms. The molecule has 0 aliphatic heterocycles. The summed E-state index contributed by atoms with van der Waals surface area (Å²) in [5, 5.41) is 14.9. The molecule has 2 aromatic heterocycles. The van der Waals surface area contributed by atoms with Crippen LogP contribution in [0.3, 0.4) is 0 Å². The number of rotatable bonds is 11. The normalized spacial score (nSPS) is 11.6. The predicted molar refractivity (Wildman–Crippen MR) is 161 cm³/mol. The lowest BCUT2D eigenvalue weighted by Gasteiger charge is -2.16. The van der Waals surface area contributed by atoms with Crippen LogP contribution in [0.4, 0.5) is 5.00 Å². The van der Waals surface area contributed by atoms with Crippen molar-refractivity contribution in [2.75, 3.05) is 18.2 Å². The van der Waals surface area contributed by atoms with Crippen LogP contribution >= 0.6 is 34.7 Å². The fourth-order valence-electron chi connectivity index (χ4n) is 4.08. The molecule has 0 spiro atoms.